The second-order valence-electron chi connectivity index (χ2n) is 4.13. The van der Waals surface area contributed by atoms with Crippen molar-refractivity contribution in [2.45, 2.75) is 51.0 Å². The molecule has 3 heteroatoms. The van der Waals surface area contributed by atoms with Crippen LogP contribution in [-0.2, 0) is 0 Å². The normalized spacial score (nSPS) is 19.3. The smallest absolute Gasteiger partial charge is 0.0959 e. The highest BCUT2D eigenvalue weighted by atomic mass is 32.1. The average Bonchev–Trinajstić information content (AvgIpc) is 2.50. The van der Waals surface area contributed by atoms with Crippen LogP contribution in [0.2, 0.25) is 0 Å². The van der Waals surface area contributed by atoms with Crippen LogP contribution in [0.4, 0.5) is 0 Å². The van der Waals surface area contributed by atoms with E-state index < -0.39 is 0 Å². The van der Waals surface area contributed by atoms with Crippen molar-refractivity contribution in [2.75, 3.05) is 0 Å². The van der Waals surface area contributed by atoms with E-state index in [1.165, 1.54) is 24.3 Å². The van der Waals surface area contributed by atoms with E-state index in [0.29, 0.717) is 0 Å². The molecule has 14 heavy (non-hydrogen) atoms. The van der Waals surface area contributed by atoms with Crippen LogP contribution >= 0.6 is 11.3 Å². The number of hydrogen-bond acceptors (Lipinski definition) is 3. The molecule has 0 bridgehead atoms. The minimum atomic E-state index is 0.157. The molecule has 78 valence electrons. The van der Waals surface area contributed by atoms with Crippen molar-refractivity contribution in [3.05, 3.63) is 16.1 Å². The van der Waals surface area contributed by atoms with Gasteiger partial charge in [-0.25, -0.2) is 4.98 Å². The lowest BCUT2D eigenvalue weighted by molar-refractivity contribution is 0.417. The summed E-state index contributed by atoms with van der Waals surface area (Å²) in [4.78, 5) is 4.64. The Balaban J connectivity index is 2.01. The molecule has 0 amide bonds. The summed E-state index contributed by atoms with van der Waals surface area (Å²) in [6, 6.07) is 0.157. The average molecular weight is 210 g/mol. The Morgan fingerprint density at radius 3 is 3.00 bits per heavy atom. The summed E-state index contributed by atoms with van der Waals surface area (Å²) < 4.78 is 0. The molecule has 1 aliphatic carbocycles. The second kappa shape index (κ2) is 4.41. The Labute approximate surface area is 89.5 Å². The summed E-state index contributed by atoms with van der Waals surface area (Å²) in [5.41, 5.74) is 7.13. The zero-order valence-corrected chi connectivity index (χ0v) is 9.52. The van der Waals surface area contributed by atoms with Gasteiger partial charge in [-0.15, -0.1) is 11.3 Å². The van der Waals surface area contributed by atoms with E-state index in [1.54, 1.807) is 11.3 Å². The molecule has 2 nitrogen and oxygen atoms in total. The topological polar surface area (TPSA) is 38.9 Å². The van der Waals surface area contributed by atoms with Crippen molar-refractivity contribution in [3.8, 4) is 0 Å². The molecule has 1 heterocycles. The number of aromatic nitrogens is 1. The molecular weight excluding hydrogens is 192 g/mol. The predicted octanol–water partition coefficient (Wildman–Crippen LogP) is 3.21. The number of nitrogens with two attached hydrogens (primary N) is 1. The van der Waals surface area contributed by atoms with Gasteiger partial charge in [-0.2, -0.15) is 0 Å². The highest BCUT2D eigenvalue weighted by molar-refractivity contribution is 7.09. The van der Waals surface area contributed by atoms with Crippen molar-refractivity contribution in [1.29, 1.82) is 0 Å². The molecule has 1 aromatic heterocycles. The Morgan fingerprint density at radius 1 is 1.64 bits per heavy atom. The van der Waals surface area contributed by atoms with Crippen LogP contribution in [0.15, 0.2) is 5.38 Å². The van der Waals surface area contributed by atoms with E-state index in [4.69, 9.17) is 5.73 Å². The molecule has 2 N–H and O–H groups in total. The molecule has 0 saturated heterocycles. The fraction of sp³-hybridized carbons (Fsp3) is 0.727. The molecule has 2 rings (SSSR count). The zero-order valence-electron chi connectivity index (χ0n) is 8.70. The van der Waals surface area contributed by atoms with Crippen molar-refractivity contribution in [2.24, 2.45) is 5.73 Å². The predicted molar refractivity (Wildman–Crippen MR) is 60.5 cm³/mol. The van der Waals surface area contributed by atoms with Gasteiger partial charge >= 0.3 is 0 Å². The zero-order chi connectivity index (χ0) is 9.97. The molecule has 1 saturated carbocycles. The number of rotatable bonds is 4. The third-order valence-corrected chi connectivity index (χ3v) is 4.00. The molecule has 1 atom stereocenters. The van der Waals surface area contributed by atoms with Crippen LogP contribution in [0.25, 0.3) is 0 Å². The van der Waals surface area contributed by atoms with Gasteiger partial charge in [0.05, 0.1) is 10.7 Å². The van der Waals surface area contributed by atoms with Gasteiger partial charge in [0.2, 0.25) is 0 Å². The molecule has 1 aliphatic rings. The van der Waals surface area contributed by atoms with Crippen LogP contribution in [0.5, 0.6) is 0 Å². The van der Waals surface area contributed by atoms with E-state index in [0.717, 1.165) is 24.5 Å². The van der Waals surface area contributed by atoms with Crippen LogP contribution in [0, 0.1) is 0 Å². The second-order valence-corrected chi connectivity index (χ2v) is 5.02. The van der Waals surface area contributed by atoms with Gasteiger partial charge < -0.3 is 5.73 Å². The van der Waals surface area contributed by atoms with Gasteiger partial charge in [0.1, 0.15) is 0 Å². The van der Waals surface area contributed by atoms with Crippen LogP contribution < -0.4 is 5.73 Å². The number of hydrogen-bond donors (Lipinski definition) is 1. The van der Waals surface area contributed by atoms with Gasteiger partial charge in [-0.3, -0.25) is 0 Å². The quantitative estimate of drug-likeness (QED) is 0.828. The highest BCUT2D eigenvalue weighted by Gasteiger charge is 2.23. The standard InChI is InChI=1S/C11H18N2S/c1-2-4-9(12)10-7-14-11(13-10)8-5-3-6-8/h7-9H,2-6,12H2,1H3. The molecule has 0 spiro atoms. The molecule has 1 unspecified atom stereocenters. The van der Waals surface area contributed by atoms with Gasteiger partial charge in [0, 0.05) is 17.3 Å². The minimum Gasteiger partial charge on any atom is -0.323 e. The van der Waals surface area contributed by atoms with Gasteiger partial charge in [-0.05, 0) is 19.3 Å². The number of thiazole rings is 1. The first kappa shape index (κ1) is 10.1. The molecule has 0 aromatic carbocycles. The van der Waals surface area contributed by atoms with Gasteiger partial charge in [0.15, 0.2) is 0 Å². The maximum Gasteiger partial charge on any atom is 0.0959 e. The highest BCUT2D eigenvalue weighted by Crippen LogP contribution is 2.38. The van der Waals surface area contributed by atoms with E-state index in [9.17, 15) is 0 Å². The minimum absolute atomic E-state index is 0.157. The summed E-state index contributed by atoms with van der Waals surface area (Å²) in [7, 11) is 0. The first-order valence-electron chi connectivity index (χ1n) is 5.52. The van der Waals surface area contributed by atoms with E-state index in [1.807, 2.05) is 0 Å². The third kappa shape index (κ3) is 1.98. The summed E-state index contributed by atoms with van der Waals surface area (Å²) in [5.74, 6) is 0.752. The lowest BCUT2D eigenvalue weighted by Crippen LogP contribution is -2.12. The summed E-state index contributed by atoms with van der Waals surface area (Å²) in [5, 5.41) is 3.46. The Morgan fingerprint density at radius 2 is 2.43 bits per heavy atom. The van der Waals surface area contributed by atoms with E-state index >= 15 is 0 Å². The largest absolute Gasteiger partial charge is 0.323 e. The molecule has 0 aliphatic heterocycles. The molecule has 1 fully saturated rings. The maximum atomic E-state index is 6.02. The van der Waals surface area contributed by atoms with Crippen LogP contribution in [-0.4, -0.2) is 4.98 Å². The van der Waals surface area contributed by atoms with Crippen molar-refractivity contribution in [3.63, 3.8) is 0 Å². The van der Waals surface area contributed by atoms with Crippen molar-refractivity contribution < 1.29 is 0 Å². The monoisotopic (exact) mass is 210 g/mol. The third-order valence-electron chi connectivity index (χ3n) is 2.97. The lowest BCUT2D eigenvalue weighted by atomic mass is 9.86. The fourth-order valence-corrected chi connectivity index (χ4v) is 2.83. The molecule has 0 radical (unpaired) electrons. The summed E-state index contributed by atoms with van der Waals surface area (Å²) in [6.07, 6.45) is 6.22. The first-order chi connectivity index (χ1) is 6.81. The first-order valence-corrected chi connectivity index (χ1v) is 6.40. The maximum absolute atomic E-state index is 6.02. The Hall–Kier alpha value is -0.410. The van der Waals surface area contributed by atoms with Crippen molar-refractivity contribution in [1.82, 2.24) is 4.98 Å². The van der Waals surface area contributed by atoms with Crippen molar-refractivity contribution >= 4 is 11.3 Å². The number of nitrogens with zero attached hydrogens (tertiary/aromatic N) is 1. The van der Waals surface area contributed by atoms with E-state index in [-0.39, 0.29) is 6.04 Å². The lowest BCUT2D eigenvalue weighted by Gasteiger charge is -2.22. The van der Waals surface area contributed by atoms with Crippen LogP contribution in [0.3, 0.4) is 0 Å². The Kier molecular flexibility index (Phi) is 3.19. The Bertz CT molecular complexity index is 291. The van der Waals surface area contributed by atoms with Gasteiger partial charge in [-0.1, -0.05) is 19.8 Å². The van der Waals surface area contributed by atoms with Gasteiger partial charge in [0.25, 0.3) is 0 Å². The summed E-state index contributed by atoms with van der Waals surface area (Å²) in [6.45, 7) is 2.17. The van der Waals surface area contributed by atoms with E-state index in [2.05, 4.69) is 17.3 Å². The molecule has 1 aromatic rings. The fourth-order valence-electron chi connectivity index (χ4n) is 1.77. The molecular formula is C11H18N2S. The van der Waals surface area contributed by atoms with Crippen LogP contribution in [0.1, 0.15) is 61.7 Å². The summed E-state index contributed by atoms with van der Waals surface area (Å²) >= 11 is 1.80. The SMILES string of the molecule is CCCC(N)c1csc(C2CCC2)n1.